The molecule has 1 N–H and O–H groups in total. The number of nitro groups is 1. The Bertz CT molecular complexity index is 560. The third kappa shape index (κ3) is 4.41. The van der Waals surface area contributed by atoms with Crippen molar-refractivity contribution in [1.29, 1.82) is 0 Å². The summed E-state index contributed by atoms with van der Waals surface area (Å²) in [6.07, 6.45) is 0.992. The van der Waals surface area contributed by atoms with Crippen LogP contribution >= 0.6 is 0 Å². The minimum absolute atomic E-state index is 0.0412. The van der Waals surface area contributed by atoms with Gasteiger partial charge < -0.3 is 10.2 Å². The molecule has 0 spiro atoms. The van der Waals surface area contributed by atoms with Crippen LogP contribution in [0.1, 0.15) is 25.8 Å². The van der Waals surface area contributed by atoms with Crippen molar-refractivity contribution in [3.8, 4) is 0 Å². The average molecular weight is 320 g/mol. The SMILES string of the molecule is CCN(CC)[C@H]1CCN(C(=O)NCc2cccc([N+](=O)[O-])c2)C1. The van der Waals surface area contributed by atoms with E-state index in [0.29, 0.717) is 12.6 Å². The lowest BCUT2D eigenvalue weighted by Gasteiger charge is -2.26. The number of rotatable bonds is 6. The molecule has 0 aromatic heterocycles. The Kier molecular flexibility index (Phi) is 5.92. The lowest BCUT2D eigenvalue weighted by Crippen LogP contribution is -2.42. The first kappa shape index (κ1) is 17.2. The van der Waals surface area contributed by atoms with E-state index >= 15 is 0 Å². The maximum atomic E-state index is 12.2. The molecule has 7 heteroatoms. The van der Waals surface area contributed by atoms with Gasteiger partial charge in [0, 0.05) is 37.8 Å². The van der Waals surface area contributed by atoms with Crippen LogP contribution in [0.2, 0.25) is 0 Å². The minimum Gasteiger partial charge on any atom is -0.334 e. The van der Waals surface area contributed by atoms with Crippen molar-refractivity contribution in [2.24, 2.45) is 0 Å². The van der Waals surface area contributed by atoms with Crippen LogP contribution < -0.4 is 5.32 Å². The van der Waals surface area contributed by atoms with Crippen LogP contribution in [0.15, 0.2) is 24.3 Å². The Morgan fingerprint density at radius 1 is 1.43 bits per heavy atom. The van der Waals surface area contributed by atoms with Gasteiger partial charge in [-0.1, -0.05) is 26.0 Å². The molecule has 1 heterocycles. The van der Waals surface area contributed by atoms with E-state index in [-0.39, 0.29) is 11.7 Å². The number of likely N-dealkylation sites (tertiary alicyclic amines) is 1. The first-order chi connectivity index (χ1) is 11.0. The summed E-state index contributed by atoms with van der Waals surface area (Å²) in [5.41, 5.74) is 0.770. The summed E-state index contributed by atoms with van der Waals surface area (Å²) in [5.74, 6) is 0. The molecule has 0 bridgehead atoms. The number of non-ortho nitro benzene ring substituents is 1. The molecule has 23 heavy (non-hydrogen) atoms. The van der Waals surface area contributed by atoms with Crippen molar-refractivity contribution in [3.05, 3.63) is 39.9 Å². The zero-order valence-corrected chi connectivity index (χ0v) is 13.7. The second-order valence-electron chi connectivity index (χ2n) is 5.70. The van der Waals surface area contributed by atoms with E-state index in [2.05, 4.69) is 24.1 Å². The van der Waals surface area contributed by atoms with E-state index in [0.717, 1.165) is 38.2 Å². The van der Waals surface area contributed by atoms with Crippen molar-refractivity contribution in [3.63, 3.8) is 0 Å². The van der Waals surface area contributed by atoms with Crippen molar-refractivity contribution < 1.29 is 9.72 Å². The molecule has 0 unspecified atom stereocenters. The predicted octanol–water partition coefficient (Wildman–Crippen LogP) is 2.22. The third-order valence-electron chi connectivity index (χ3n) is 4.34. The largest absolute Gasteiger partial charge is 0.334 e. The number of nitrogens with zero attached hydrogens (tertiary/aromatic N) is 3. The lowest BCUT2D eigenvalue weighted by atomic mass is 10.2. The molecule has 0 radical (unpaired) electrons. The number of carbonyl (C=O) groups is 1. The maximum Gasteiger partial charge on any atom is 0.317 e. The van der Waals surface area contributed by atoms with E-state index in [1.807, 2.05) is 4.90 Å². The van der Waals surface area contributed by atoms with Crippen LogP contribution in [0.3, 0.4) is 0 Å². The van der Waals surface area contributed by atoms with Gasteiger partial charge in [0.05, 0.1) is 4.92 Å². The third-order valence-corrected chi connectivity index (χ3v) is 4.34. The fourth-order valence-electron chi connectivity index (χ4n) is 3.03. The Morgan fingerprint density at radius 2 is 2.17 bits per heavy atom. The summed E-state index contributed by atoms with van der Waals surface area (Å²) >= 11 is 0. The number of likely N-dealkylation sites (N-methyl/N-ethyl adjacent to an activating group) is 1. The highest BCUT2D eigenvalue weighted by Crippen LogP contribution is 2.16. The van der Waals surface area contributed by atoms with E-state index in [1.54, 1.807) is 12.1 Å². The monoisotopic (exact) mass is 320 g/mol. The lowest BCUT2D eigenvalue weighted by molar-refractivity contribution is -0.384. The molecular weight excluding hydrogens is 296 g/mol. The van der Waals surface area contributed by atoms with Crippen molar-refractivity contribution >= 4 is 11.7 Å². The number of hydrogen-bond acceptors (Lipinski definition) is 4. The van der Waals surface area contributed by atoms with Crippen LogP contribution in [0.5, 0.6) is 0 Å². The molecule has 0 aliphatic carbocycles. The van der Waals surface area contributed by atoms with Gasteiger partial charge in [0.25, 0.3) is 5.69 Å². The molecule has 0 saturated carbocycles. The molecule has 1 aliphatic rings. The van der Waals surface area contributed by atoms with Crippen LogP contribution in [-0.4, -0.2) is 53.0 Å². The van der Waals surface area contributed by atoms with Gasteiger partial charge >= 0.3 is 6.03 Å². The number of hydrogen-bond donors (Lipinski definition) is 1. The van der Waals surface area contributed by atoms with Gasteiger partial charge in [0.15, 0.2) is 0 Å². The Labute approximate surface area is 136 Å². The molecule has 1 aromatic carbocycles. The molecule has 2 rings (SSSR count). The first-order valence-electron chi connectivity index (χ1n) is 8.05. The zero-order valence-electron chi connectivity index (χ0n) is 13.7. The smallest absolute Gasteiger partial charge is 0.317 e. The first-order valence-corrected chi connectivity index (χ1v) is 8.05. The van der Waals surface area contributed by atoms with Crippen LogP contribution in [0, 0.1) is 10.1 Å². The van der Waals surface area contributed by atoms with Crippen LogP contribution in [0.4, 0.5) is 10.5 Å². The topological polar surface area (TPSA) is 78.7 Å². The highest BCUT2D eigenvalue weighted by molar-refractivity contribution is 5.74. The highest BCUT2D eigenvalue weighted by Gasteiger charge is 2.28. The van der Waals surface area contributed by atoms with Gasteiger partial charge in [-0.15, -0.1) is 0 Å². The Morgan fingerprint density at radius 3 is 2.83 bits per heavy atom. The van der Waals surface area contributed by atoms with Crippen LogP contribution in [-0.2, 0) is 6.54 Å². The molecule has 2 amide bonds. The molecule has 7 nitrogen and oxygen atoms in total. The number of benzene rings is 1. The number of nitrogens with one attached hydrogen (secondary N) is 1. The number of nitro benzene ring substituents is 1. The summed E-state index contributed by atoms with van der Waals surface area (Å²) in [5, 5.41) is 13.6. The second kappa shape index (κ2) is 7.92. The van der Waals surface area contributed by atoms with E-state index in [1.165, 1.54) is 12.1 Å². The maximum absolute atomic E-state index is 12.2. The number of amides is 2. The molecule has 1 saturated heterocycles. The van der Waals surface area contributed by atoms with Crippen molar-refractivity contribution in [1.82, 2.24) is 15.1 Å². The van der Waals surface area contributed by atoms with E-state index in [9.17, 15) is 14.9 Å². The minimum atomic E-state index is -0.430. The Hall–Kier alpha value is -2.15. The average Bonchev–Trinajstić information content (AvgIpc) is 3.04. The number of urea groups is 1. The standard InChI is InChI=1S/C16H24N4O3/c1-3-18(4-2)15-8-9-19(12-15)16(21)17-11-13-6-5-7-14(10-13)20(22)23/h5-7,10,15H,3-4,8-9,11-12H2,1-2H3,(H,17,21)/t15-/m0/s1. The van der Waals surface area contributed by atoms with Gasteiger partial charge in [0.1, 0.15) is 0 Å². The van der Waals surface area contributed by atoms with Crippen molar-refractivity contribution in [2.75, 3.05) is 26.2 Å². The second-order valence-corrected chi connectivity index (χ2v) is 5.70. The summed E-state index contributed by atoms with van der Waals surface area (Å²) < 4.78 is 0. The summed E-state index contributed by atoms with van der Waals surface area (Å²) in [7, 11) is 0. The molecule has 1 aliphatic heterocycles. The molecule has 1 fully saturated rings. The fourth-order valence-corrected chi connectivity index (χ4v) is 3.03. The fraction of sp³-hybridized carbons (Fsp3) is 0.562. The van der Waals surface area contributed by atoms with Gasteiger partial charge in [-0.25, -0.2) is 4.79 Å². The number of carbonyl (C=O) groups excluding carboxylic acids is 1. The van der Waals surface area contributed by atoms with E-state index in [4.69, 9.17) is 0 Å². The molecular formula is C16H24N4O3. The summed E-state index contributed by atoms with van der Waals surface area (Å²) in [6.45, 7) is 8.04. The van der Waals surface area contributed by atoms with Gasteiger partial charge in [0.2, 0.25) is 0 Å². The molecule has 126 valence electrons. The van der Waals surface area contributed by atoms with Gasteiger partial charge in [-0.05, 0) is 25.1 Å². The van der Waals surface area contributed by atoms with Crippen molar-refractivity contribution in [2.45, 2.75) is 32.9 Å². The van der Waals surface area contributed by atoms with Crippen LogP contribution in [0.25, 0.3) is 0 Å². The predicted molar refractivity (Wildman–Crippen MR) is 88.2 cm³/mol. The highest BCUT2D eigenvalue weighted by atomic mass is 16.6. The quantitative estimate of drug-likeness (QED) is 0.644. The normalized spacial score (nSPS) is 17.5. The molecule has 1 aromatic rings. The van der Waals surface area contributed by atoms with E-state index < -0.39 is 4.92 Å². The molecule has 1 atom stereocenters. The van der Waals surface area contributed by atoms with Gasteiger partial charge in [-0.2, -0.15) is 0 Å². The summed E-state index contributed by atoms with van der Waals surface area (Å²) in [4.78, 5) is 26.8. The van der Waals surface area contributed by atoms with Gasteiger partial charge in [-0.3, -0.25) is 15.0 Å². The Balaban J connectivity index is 1.86. The zero-order chi connectivity index (χ0) is 16.8. The summed E-state index contributed by atoms with van der Waals surface area (Å²) in [6, 6.07) is 6.66.